The number of piperidine rings is 1. The fourth-order valence-corrected chi connectivity index (χ4v) is 7.99. The van der Waals surface area contributed by atoms with Crippen molar-refractivity contribution in [1.82, 2.24) is 38.5 Å². The number of H-pyrrole nitrogens is 1. The van der Waals surface area contributed by atoms with E-state index in [1.165, 1.54) is 51.6 Å². The fraction of sp³-hybridized carbons (Fsp3) is 0.444. The standard InChI is InChI=1S/C36H43N9O2/c1-41(16-13-23-14-17-44(18-15-23)24-7-5-6-8-24)34-32-35(39-22-38-34)45(25-9-12-30-31(19-25)43(3)36(46)42(30)2)33(40-32)28-21-37-29-20-26(47-4)10-11-27(28)29/h9-12,19-24,37H,5-8,13-18H2,1-4H3. The van der Waals surface area contributed by atoms with Crippen LogP contribution in [-0.4, -0.2) is 78.4 Å². The van der Waals surface area contributed by atoms with Crippen LogP contribution in [0.25, 0.3) is 50.2 Å². The third-order valence-electron chi connectivity index (χ3n) is 10.8. The Morgan fingerprint density at radius 1 is 0.979 bits per heavy atom. The number of methoxy groups -OCH3 is 1. The van der Waals surface area contributed by atoms with Crippen LogP contribution in [0.4, 0.5) is 5.82 Å². The number of aromatic amines is 1. The molecule has 2 aliphatic rings. The van der Waals surface area contributed by atoms with E-state index in [0.717, 1.165) is 86.7 Å². The van der Waals surface area contributed by atoms with Crippen molar-refractivity contribution in [2.75, 3.05) is 38.7 Å². The molecule has 11 heteroatoms. The number of ether oxygens (including phenoxy) is 1. The Hall–Kier alpha value is -4.64. The molecule has 4 aromatic heterocycles. The van der Waals surface area contributed by atoms with E-state index < -0.39 is 0 Å². The average Bonchev–Trinajstić information content (AvgIpc) is 3.91. The number of anilines is 1. The van der Waals surface area contributed by atoms with Gasteiger partial charge in [-0.1, -0.05) is 12.8 Å². The quantitative estimate of drug-likeness (QED) is 0.231. The van der Waals surface area contributed by atoms with Gasteiger partial charge in [-0.15, -0.1) is 0 Å². The SMILES string of the molecule is COc1ccc2c(-c3nc4c(N(C)CCC5CCN(C6CCCC6)CC5)ncnc4n3-c3ccc4c(c3)n(C)c(=O)n4C)c[nH]c2c1. The van der Waals surface area contributed by atoms with Gasteiger partial charge in [0.2, 0.25) is 0 Å². The number of rotatable bonds is 8. The van der Waals surface area contributed by atoms with Crippen molar-refractivity contribution in [3.63, 3.8) is 0 Å². The van der Waals surface area contributed by atoms with Crippen LogP contribution in [0.15, 0.2) is 53.7 Å². The monoisotopic (exact) mass is 633 g/mol. The maximum atomic E-state index is 12.8. The third kappa shape index (κ3) is 5.08. The lowest BCUT2D eigenvalue weighted by molar-refractivity contribution is 0.131. The summed E-state index contributed by atoms with van der Waals surface area (Å²) in [5.41, 5.74) is 5.92. The fourth-order valence-electron chi connectivity index (χ4n) is 7.99. The van der Waals surface area contributed by atoms with Crippen molar-refractivity contribution >= 4 is 38.9 Å². The summed E-state index contributed by atoms with van der Waals surface area (Å²) in [5.74, 6) is 3.10. The molecule has 0 atom stereocenters. The molecule has 5 heterocycles. The van der Waals surface area contributed by atoms with Gasteiger partial charge in [-0.2, -0.15) is 0 Å². The molecule has 6 aromatic rings. The molecular formula is C36H43N9O2. The van der Waals surface area contributed by atoms with Gasteiger partial charge in [0.15, 0.2) is 17.0 Å². The first-order valence-corrected chi connectivity index (χ1v) is 16.9. The Balaban J connectivity index is 1.17. The van der Waals surface area contributed by atoms with Crippen molar-refractivity contribution in [3.05, 3.63) is 59.4 Å². The van der Waals surface area contributed by atoms with Crippen LogP contribution in [0.3, 0.4) is 0 Å². The molecule has 244 valence electrons. The Morgan fingerprint density at radius 2 is 1.77 bits per heavy atom. The maximum absolute atomic E-state index is 12.8. The van der Waals surface area contributed by atoms with E-state index in [4.69, 9.17) is 19.7 Å². The second-order valence-corrected chi connectivity index (χ2v) is 13.5. The van der Waals surface area contributed by atoms with Crippen molar-refractivity contribution in [2.45, 2.75) is 51.0 Å². The second-order valence-electron chi connectivity index (χ2n) is 13.5. The van der Waals surface area contributed by atoms with Crippen molar-refractivity contribution in [3.8, 4) is 22.8 Å². The largest absolute Gasteiger partial charge is 0.497 e. The molecule has 1 aliphatic heterocycles. The highest BCUT2D eigenvalue weighted by molar-refractivity contribution is 5.98. The minimum atomic E-state index is -0.0612. The predicted molar refractivity (Wildman–Crippen MR) is 187 cm³/mol. The first-order valence-electron chi connectivity index (χ1n) is 16.9. The summed E-state index contributed by atoms with van der Waals surface area (Å²) in [7, 11) is 7.41. The van der Waals surface area contributed by atoms with Gasteiger partial charge < -0.3 is 19.5 Å². The summed E-state index contributed by atoms with van der Waals surface area (Å²) in [6, 6.07) is 12.9. The van der Waals surface area contributed by atoms with E-state index >= 15 is 0 Å². The number of hydrogen-bond donors (Lipinski definition) is 1. The number of hydrogen-bond acceptors (Lipinski definition) is 7. The molecule has 2 fully saturated rings. The van der Waals surface area contributed by atoms with E-state index in [0.29, 0.717) is 0 Å². The van der Waals surface area contributed by atoms with Gasteiger partial charge in [-0.05, 0) is 81.4 Å². The van der Waals surface area contributed by atoms with Gasteiger partial charge in [0, 0.05) is 62.5 Å². The van der Waals surface area contributed by atoms with Crippen LogP contribution in [0.1, 0.15) is 44.9 Å². The van der Waals surface area contributed by atoms with Gasteiger partial charge in [0.1, 0.15) is 17.9 Å². The van der Waals surface area contributed by atoms with Gasteiger partial charge in [0.25, 0.3) is 0 Å². The van der Waals surface area contributed by atoms with Crippen molar-refractivity contribution < 1.29 is 4.74 Å². The summed E-state index contributed by atoms with van der Waals surface area (Å²) >= 11 is 0. The van der Waals surface area contributed by atoms with E-state index in [9.17, 15) is 4.79 Å². The van der Waals surface area contributed by atoms with E-state index in [1.54, 1.807) is 29.6 Å². The topological polar surface area (TPSA) is 102 Å². The number of benzene rings is 2. The number of nitrogens with one attached hydrogen (secondary N) is 1. The third-order valence-corrected chi connectivity index (χ3v) is 10.8. The van der Waals surface area contributed by atoms with Crippen LogP contribution in [-0.2, 0) is 14.1 Å². The van der Waals surface area contributed by atoms with Crippen LogP contribution >= 0.6 is 0 Å². The van der Waals surface area contributed by atoms with Crippen LogP contribution in [0.2, 0.25) is 0 Å². The molecule has 8 rings (SSSR count). The molecule has 0 radical (unpaired) electrons. The van der Waals surface area contributed by atoms with E-state index in [1.807, 2.05) is 43.6 Å². The van der Waals surface area contributed by atoms with Gasteiger partial charge >= 0.3 is 5.69 Å². The number of likely N-dealkylation sites (tertiary alicyclic amines) is 1. The summed E-state index contributed by atoms with van der Waals surface area (Å²) < 4.78 is 10.9. The van der Waals surface area contributed by atoms with E-state index in [-0.39, 0.29) is 5.69 Å². The summed E-state index contributed by atoms with van der Waals surface area (Å²) in [4.78, 5) is 36.1. The molecule has 1 saturated heterocycles. The predicted octanol–water partition coefficient (Wildman–Crippen LogP) is 5.64. The van der Waals surface area contributed by atoms with Gasteiger partial charge in [0.05, 0.1) is 23.8 Å². The average molecular weight is 634 g/mol. The lowest BCUT2D eigenvalue weighted by Gasteiger charge is -2.36. The lowest BCUT2D eigenvalue weighted by atomic mass is 9.92. The molecule has 0 spiro atoms. The molecule has 0 amide bonds. The molecular weight excluding hydrogens is 590 g/mol. The van der Waals surface area contributed by atoms with E-state index in [2.05, 4.69) is 32.5 Å². The molecule has 1 N–H and O–H groups in total. The molecule has 1 saturated carbocycles. The highest BCUT2D eigenvalue weighted by Crippen LogP contribution is 2.37. The molecule has 47 heavy (non-hydrogen) atoms. The van der Waals surface area contributed by atoms with Crippen molar-refractivity contribution in [1.29, 1.82) is 0 Å². The number of aryl methyl sites for hydroxylation is 2. The zero-order valence-corrected chi connectivity index (χ0v) is 27.7. The Kier molecular flexibility index (Phi) is 7.51. The Labute approximate surface area is 273 Å². The minimum Gasteiger partial charge on any atom is -0.497 e. The Morgan fingerprint density at radius 3 is 2.55 bits per heavy atom. The van der Waals surface area contributed by atoms with Crippen molar-refractivity contribution in [2.24, 2.45) is 20.0 Å². The van der Waals surface area contributed by atoms with Crippen LogP contribution in [0, 0.1) is 5.92 Å². The number of aromatic nitrogens is 7. The zero-order valence-electron chi connectivity index (χ0n) is 27.7. The number of imidazole rings is 2. The summed E-state index contributed by atoms with van der Waals surface area (Å²) in [6.45, 7) is 3.38. The highest BCUT2D eigenvalue weighted by Gasteiger charge is 2.28. The lowest BCUT2D eigenvalue weighted by Crippen LogP contribution is -2.40. The van der Waals surface area contributed by atoms with Crippen LogP contribution in [0.5, 0.6) is 5.75 Å². The highest BCUT2D eigenvalue weighted by atomic mass is 16.5. The van der Waals surface area contributed by atoms with Crippen LogP contribution < -0.4 is 15.3 Å². The molecule has 0 bridgehead atoms. The smallest absolute Gasteiger partial charge is 0.328 e. The first kappa shape index (κ1) is 29.7. The number of fused-ring (bicyclic) bond motifs is 3. The first-order chi connectivity index (χ1) is 22.9. The Bertz CT molecular complexity index is 2140. The molecule has 1 aliphatic carbocycles. The normalized spacial score (nSPS) is 16.7. The molecule has 0 unspecified atom stereocenters. The summed E-state index contributed by atoms with van der Waals surface area (Å²) in [5, 5.41) is 1.03. The molecule has 2 aromatic carbocycles. The number of nitrogens with zero attached hydrogens (tertiary/aromatic N) is 8. The zero-order chi connectivity index (χ0) is 32.2. The van der Waals surface area contributed by atoms with Gasteiger partial charge in [-0.25, -0.2) is 19.7 Å². The maximum Gasteiger partial charge on any atom is 0.328 e. The van der Waals surface area contributed by atoms with Gasteiger partial charge in [-0.3, -0.25) is 13.7 Å². The molecule has 11 nitrogen and oxygen atoms in total. The minimum absolute atomic E-state index is 0.0612. The second kappa shape index (κ2) is 11.9. The summed E-state index contributed by atoms with van der Waals surface area (Å²) in [6.07, 6.45) is 12.9.